The molecule has 3 rings (SSSR count). The summed E-state index contributed by atoms with van der Waals surface area (Å²) >= 11 is 1.75. The summed E-state index contributed by atoms with van der Waals surface area (Å²) in [6, 6.07) is 8.62. The Hall–Kier alpha value is -1.56. The summed E-state index contributed by atoms with van der Waals surface area (Å²) < 4.78 is 26.3. The Morgan fingerprint density at radius 1 is 0.861 bits per heavy atom. The molecule has 2 unspecified atom stereocenters. The molecule has 202 valence electrons. The fourth-order valence-corrected chi connectivity index (χ4v) is 5.79. The van der Waals surface area contributed by atoms with Gasteiger partial charge in [0.05, 0.1) is 35.7 Å². The average molecular weight is 517 g/mol. The van der Waals surface area contributed by atoms with Crippen molar-refractivity contribution in [2.24, 2.45) is 5.41 Å². The number of aryl methyl sites for hydroxylation is 2. The molecule has 1 aromatic carbocycles. The minimum Gasteiger partial charge on any atom is -0.488 e. The molecule has 5 heteroatoms. The molecule has 0 bridgehead atoms. The molecule has 2 heterocycles. The van der Waals surface area contributed by atoms with Gasteiger partial charge in [0, 0.05) is 4.88 Å². The van der Waals surface area contributed by atoms with E-state index in [1.54, 1.807) is 11.3 Å². The first kappa shape index (κ1) is 29.0. The molecule has 2 atom stereocenters. The Morgan fingerprint density at radius 2 is 1.44 bits per heavy atom. The summed E-state index contributed by atoms with van der Waals surface area (Å²) in [4.78, 5) is 2.30. The van der Waals surface area contributed by atoms with Gasteiger partial charge in [-0.2, -0.15) is 0 Å². The molecule has 2 aromatic rings. The Labute approximate surface area is 223 Å². The molecule has 0 fully saturated rings. The van der Waals surface area contributed by atoms with Gasteiger partial charge in [-0.25, -0.2) is 0 Å². The van der Waals surface area contributed by atoms with Crippen molar-refractivity contribution in [3.05, 3.63) is 34.7 Å². The van der Waals surface area contributed by atoms with Crippen LogP contribution in [-0.2, 0) is 9.47 Å². The molecule has 0 saturated heterocycles. The SMILES string of the molecule is CCCCC(CC)OCC1(COC(CC)CCCC)COc2c(C)sc(-c3cccc(C)c3)c2OC1. The minimum atomic E-state index is -0.341. The molecule has 1 aromatic heterocycles. The molecule has 0 aliphatic carbocycles. The maximum absolute atomic E-state index is 6.63. The number of unbranched alkanes of at least 4 members (excludes halogenated alkanes) is 2. The first-order valence-corrected chi connectivity index (χ1v) is 15.0. The molecule has 0 radical (unpaired) electrons. The first-order valence-electron chi connectivity index (χ1n) is 14.1. The number of hydrogen-bond donors (Lipinski definition) is 0. The van der Waals surface area contributed by atoms with Crippen molar-refractivity contribution in [1.82, 2.24) is 0 Å². The van der Waals surface area contributed by atoms with Gasteiger partial charge in [0.2, 0.25) is 0 Å². The number of benzene rings is 1. The third-order valence-electron chi connectivity index (χ3n) is 7.23. The lowest BCUT2D eigenvalue weighted by atomic mass is 9.91. The Kier molecular flexibility index (Phi) is 11.6. The second-order valence-corrected chi connectivity index (χ2v) is 11.8. The summed E-state index contributed by atoms with van der Waals surface area (Å²) in [5, 5.41) is 0. The topological polar surface area (TPSA) is 36.9 Å². The van der Waals surface area contributed by atoms with Gasteiger partial charge in [-0.1, -0.05) is 83.2 Å². The molecule has 0 spiro atoms. The smallest absolute Gasteiger partial charge is 0.180 e. The number of rotatable bonds is 15. The molecule has 0 saturated carbocycles. The van der Waals surface area contributed by atoms with Crippen LogP contribution >= 0.6 is 11.3 Å². The van der Waals surface area contributed by atoms with Crippen molar-refractivity contribution >= 4 is 11.3 Å². The maximum Gasteiger partial charge on any atom is 0.180 e. The quantitative estimate of drug-likeness (QED) is 0.237. The zero-order chi connectivity index (χ0) is 26.0. The van der Waals surface area contributed by atoms with Crippen molar-refractivity contribution < 1.29 is 18.9 Å². The van der Waals surface area contributed by atoms with Gasteiger partial charge in [0.25, 0.3) is 0 Å². The van der Waals surface area contributed by atoms with E-state index in [1.807, 2.05) is 0 Å². The van der Waals surface area contributed by atoms with Crippen LogP contribution in [0.3, 0.4) is 0 Å². The Bertz CT molecular complexity index is 901. The summed E-state index contributed by atoms with van der Waals surface area (Å²) in [7, 11) is 0. The van der Waals surface area contributed by atoms with E-state index in [1.165, 1.54) is 36.8 Å². The lowest BCUT2D eigenvalue weighted by molar-refractivity contribution is -0.0991. The zero-order valence-corrected chi connectivity index (χ0v) is 24.3. The number of fused-ring (bicyclic) bond motifs is 1. The zero-order valence-electron chi connectivity index (χ0n) is 23.5. The van der Waals surface area contributed by atoms with Crippen LogP contribution in [0, 0.1) is 19.3 Å². The van der Waals surface area contributed by atoms with Crippen molar-refractivity contribution in [3.63, 3.8) is 0 Å². The van der Waals surface area contributed by atoms with Crippen LogP contribution in [0.5, 0.6) is 11.5 Å². The first-order chi connectivity index (χ1) is 17.4. The molecule has 1 aliphatic rings. The molecule has 0 N–H and O–H groups in total. The van der Waals surface area contributed by atoms with Gasteiger partial charge in [-0.3, -0.25) is 0 Å². The predicted octanol–water partition coefficient (Wildman–Crippen LogP) is 8.76. The minimum absolute atomic E-state index is 0.269. The van der Waals surface area contributed by atoms with Crippen LogP contribution in [0.4, 0.5) is 0 Å². The largest absolute Gasteiger partial charge is 0.488 e. The molecule has 36 heavy (non-hydrogen) atoms. The van der Waals surface area contributed by atoms with E-state index in [2.05, 4.69) is 65.8 Å². The standard InChI is InChI=1S/C31H48O4S/c1-7-11-16-26(9-3)32-19-31(20-33-27(10-4)17-12-8-2)21-34-28-24(6)36-30(29(28)35-22-31)25-15-13-14-23(5)18-25/h13-15,18,26-27H,7-12,16-17,19-22H2,1-6H3. The average Bonchev–Trinajstić information content (AvgIpc) is 3.08. The van der Waals surface area contributed by atoms with E-state index in [0.717, 1.165) is 46.9 Å². The van der Waals surface area contributed by atoms with E-state index in [-0.39, 0.29) is 17.6 Å². The second-order valence-electron chi connectivity index (χ2n) is 10.6. The highest BCUT2D eigenvalue weighted by Crippen LogP contribution is 2.50. The maximum atomic E-state index is 6.63. The monoisotopic (exact) mass is 516 g/mol. The molecule has 4 nitrogen and oxygen atoms in total. The highest BCUT2D eigenvalue weighted by molar-refractivity contribution is 7.16. The van der Waals surface area contributed by atoms with Gasteiger partial charge >= 0.3 is 0 Å². The van der Waals surface area contributed by atoms with Crippen LogP contribution in [0.2, 0.25) is 0 Å². The molecule has 1 aliphatic heterocycles. The van der Waals surface area contributed by atoms with Gasteiger partial charge in [-0.15, -0.1) is 11.3 Å². The van der Waals surface area contributed by atoms with Crippen LogP contribution in [-0.4, -0.2) is 38.6 Å². The van der Waals surface area contributed by atoms with Crippen LogP contribution < -0.4 is 9.47 Å². The van der Waals surface area contributed by atoms with E-state index in [9.17, 15) is 0 Å². The predicted molar refractivity (Wildman–Crippen MR) is 152 cm³/mol. The number of hydrogen-bond acceptors (Lipinski definition) is 5. The summed E-state index contributed by atoms with van der Waals surface area (Å²) in [6.07, 6.45) is 9.56. The fourth-order valence-electron chi connectivity index (χ4n) is 4.75. The van der Waals surface area contributed by atoms with E-state index >= 15 is 0 Å². The Balaban J connectivity index is 1.82. The Morgan fingerprint density at radius 3 is 1.97 bits per heavy atom. The summed E-state index contributed by atoms with van der Waals surface area (Å²) in [5.74, 6) is 1.76. The van der Waals surface area contributed by atoms with Gasteiger partial charge < -0.3 is 18.9 Å². The van der Waals surface area contributed by atoms with Crippen LogP contribution in [0.25, 0.3) is 10.4 Å². The summed E-state index contributed by atoms with van der Waals surface area (Å²) in [5.41, 5.74) is 2.09. The lowest BCUT2D eigenvalue weighted by Crippen LogP contribution is -2.44. The van der Waals surface area contributed by atoms with Gasteiger partial charge in [0.1, 0.15) is 13.2 Å². The van der Waals surface area contributed by atoms with Crippen molar-refractivity contribution in [2.45, 2.75) is 105 Å². The van der Waals surface area contributed by atoms with Crippen LogP contribution in [0.1, 0.15) is 89.5 Å². The van der Waals surface area contributed by atoms with Crippen molar-refractivity contribution in [3.8, 4) is 21.9 Å². The van der Waals surface area contributed by atoms with E-state index in [0.29, 0.717) is 26.4 Å². The summed E-state index contributed by atoms with van der Waals surface area (Å²) in [6.45, 7) is 15.4. The number of ether oxygens (including phenoxy) is 4. The molecular formula is C31H48O4S. The number of thiophene rings is 1. The van der Waals surface area contributed by atoms with Gasteiger partial charge in [0.15, 0.2) is 11.5 Å². The highest BCUT2D eigenvalue weighted by atomic mass is 32.1. The van der Waals surface area contributed by atoms with E-state index in [4.69, 9.17) is 18.9 Å². The lowest BCUT2D eigenvalue weighted by Gasteiger charge is -2.34. The molecule has 0 amide bonds. The third-order valence-corrected chi connectivity index (χ3v) is 8.35. The van der Waals surface area contributed by atoms with Crippen molar-refractivity contribution in [2.75, 3.05) is 26.4 Å². The highest BCUT2D eigenvalue weighted by Gasteiger charge is 2.39. The fraction of sp³-hybridized carbons (Fsp3) is 0.677. The van der Waals surface area contributed by atoms with Crippen LogP contribution in [0.15, 0.2) is 24.3 Å². The molecular weight excluding hydrogens is 468 g/mol. The van der Waals surface area contributed by atoms with Crippen molar-refractivity contribution in [1.29, 1.82) is 0 Å². The normalized spacial score (nSPS) is 19.2. The van der Waals surface area contributed by atoms with E-state index < -0.39 is 0 Å². The van der Waals surface area contributed by atoms with Gasteiger partial charge in [-0.05, 0) is 45.1 Å². The third kappa shape index (κ3) is 7.72. The second kappa shape index (κ2) is 14.4.